The van der Waals surface area contributed by atoms with E-state index in [4.69, 9.17) is 4.74 Å². The van der Waals surface area contributed by atoms with Crippen LogP contribution in [0.25, 0.3) is 0 Å². The summed E-state index contributed by atoms with van der Waals surface area (Å²) in [6, 6.07) is 9.55. The van der Waals surface area contributed by atoms with Crippen LogP contribution in [0.2, 0.25) is 0 Å². The Kier molecular flexibility index (Phi) is 6.13. The molecule has 6 nitrogen and oxygen atoms in total. The van der Waals surface area contributed by atoms with Gasteiger partial charge in [0.2, 0.25) is 11.8 Å². The number of hydrogen-bond donors (Lipinski definition) is 1. The molecule has 1 fully saturated rings. The molecule has 1 aliphatic heterocycles. The molecule has 2 aromatic rings. The van der Waals surface area contributed by atoms with Gasteiger partial charge >= 0.3 is 0 Å². The average molecular weight is 388 g/mol. The zero-order chi connectivity index (χ0) is 19.4. The standard InChI is InChI=1S/C20H25N3O3S/c1-22(2)18(14-7-8-27-13-14)11-21-20(25)15-9-19(24)23(12-15)16-5-4-6-17(10-16)26-3/h4-8,10,13,15,18H,9,11-12H2,1-3H3,(H,21,25)/t15-,18+/m1/s1. The van der Waals surface area contributed by atoms with E-state index in [0.717, 1.165) is 5.69 Å². The van der Waals surface area contributed by atoms with Gasteiger partial charge in [-0.2, -0.15) is 11.3 Å². The van der Waals surface area contributed by atoms with Gasteiger partial charge in [-0.1, -0.05) is 6.07 Å². The Morgan fingerprint density at radius 3 is 2.89 bits per heavy atom. The minimum atomic E-state index is -0.339. The lowest BCUT2D eigenvalue weighted by Crippen LogP contribution is -2.38. The van der Waals surface area contributed by atoms with Crippen molar-refractivity contribution in [2.45, 2.75) is 12.5 Å². The van der Waals surface area contributed by atoms with Crippen molar-refractivity contribution in [2.75, 3.05) is 39.2 Å². The SMILES string of the molecule is COc1cccc(N2C[C@H](C(=O)NC[C@@H](c3ccsc3)N(C)C)CC2=O)c1. The lowest BCUT2D eigenvalue weighted by atomic mass is 10.1. The highest BCUT2D eigenvalue weighted by atomic mass is 32.1. The highest BCUT2D eigenvalue weighted by Gasteiger charge is 2.35. The Balaban J connectivity index is 1.62. The molecular formula is C20H25N3O3S. The van der Waals surface area contributed by atoms with E-state index < -0.39 is 0 Å². The van der Waals surface area contributed by atoms with Crippen molar-refractivity contribution in [2.24, 2.45) is 5.92 Å². The van der Waals surface area contributed by atoms with E-state index in [1.54, 1.807) is 23.3 Å². The van der Waals surface area contributed by atoms with Crippen molar-refractivity contribution in [3.63, 3.8) is 0 Å². The van der Waals surface area contributed by atoms with Crippen molar-refractivity contribution < 1.29 is 14.3 Å². The number of carbonyl (C=O) groups excluding carboxylic acids is 2. The fourth-order valence-corrected chi connectivity index (χ4v) is 4.02. The molecule has 1 N–H and O–H groups in total. The number of likely N-dealkylation sites (N-methyl/N-ethyl adjacent to an activating group) is 1. The molecule has 2 amide bonds. The molecule has 2 atom stereocenters. The second-order valence-corrected chi connectivity index (χ2v) is 7.67. The van der Waals surface area contributed by atoms with Gasteiger partial charge in [0.15, 0.2) is 0 Å². The second-order valence-electron chi connectivity index (χ2n) is 6.89. The van der Waals surface area contributed by atoms with E-state index in [1.807, 2.05) is 43.7 Å². The highest BCUT2D eigenvalue weighted by Crippen LogP contribution is 2.28. The summed E-state index contributed by atoms with van der Waals surface area (Å²) in [7, 11) is 5.59. The Labute approximate surface area is 163 Å². The van der Waals surface area contributed by atoms with Gasteiger partial charge in [-0.25, -0.2) is 0 Å². The van der Waals surface area contributed by atoms with Crippen molar-refractivity contribution in [3.8, 4) is 5.75 Å². The maximum Gasteiger partial charge on any atom is 0.227 e. The minimum absolute atomic E-state index is 0.0367. The smallest absolute Gasteiger partial charge is 0.227 e. The van der Waals surface area contributed by atoms with Gasteiger partial charge in [-0.15, -0.1) is 0 Å². The normalized spacial score (nSPS) is 18.0. The summed E-state index contributed by atoms with van der Waals surface area (Å²) in [5.74, 6) is 0.244. The van der Waals surface area contributed by atoms with Gasteiger partial charge in [0.25, 0.3) is 0 Å². The summed E-state index contributed by atoms with van der Waals surface area (Å²) in [6.07, 6.45) is 0.230. The molecule has 2 heterocycles. The van der Waals surface area contributed by atoms with Crippen LogP contribution in [0.5, 0.6) is 5.75 Å². The van der Waals surface area contributed by atoms with Crippen LogP contribution in [0.3, 0.4) is 0 Å². The molecule has 0 radical (unpaired) electrons. The molecule has 0 aliphatic carbocycles. The van der Waals surface area contributed by atoms with Crippen molar-refractivity contribution in [3.05, 3.63) is 46.7 Å². The number of anilines is 1. The van der Waals surface area contributed by atoms with E-state index in [2.05, 4.69) is 21.7 Å². The van der Waals surface area contributed by atoms with Gasteiger partial charge in [-0.05, 0) is 48.6 Å². The maximum absolute atomic E-state index is 12.7. The summed E-state index contributed by atoms with van der Waals surface area (Å²) in [6.45, 7) is 0.912. The molecule has 0 spiro atoms. The topological polar surface area (TPSA) is 61.9 Å². The highest BCUT2D eigenvalue weighted by molar-refractivity contribution is 7.07. The van der Waals surface area contributed by atoms with Gasteiger partial charge < -0.3 is 19.9 Å². The Morgan fingerprint density at radius 2 is 2.22 bits per heavy atom. The third-order valence-corrected chi connectivity index (χ3v) is 5.58. The largest absolute Gasteiger partial charge is 0.497 e. The van der Waals surface area contributed by atoms with Crippen LogP contribution in [0.1, 0.15) is 18.0 Å². The summed E-state index contributed by atoms with van der Waals surface area (Å²) >= 11 is 1.65. The Hall–Kier alpha value is -2.38. The molecule has 3 rings (SSSR count). The van der Waals surface area contributed by atoms with E-state index in [9.17, 15) is 9.59 Å². The van der Waals surface area contributed by atoms with Crippen LogP contribution < -0.4 is 15.0 Å². The summed E-state index contributed by atoms with van der Waals surface area (Å²) in [5, 5.41) is 7.16. The first-order chi connectivity index (χ1) is 13.0. The zero-order valence-electron chi connectivity index (χ0n) is 15.8. The number of amides is 2. The number of nitrogens with zero attached hydrogens (tertiary/aromatic N) is 2. The summed E-state index contributed by atoms with van der Waals surface area (Å²) in [5.41, 5.74) is 1.95. The Bertz CT molecular complexity index is 792. The fraction of sp³-hybridized carbons (Fsp3) is 0.400. The van der Waals surface area contributed by atoms with Crippen LogP contribution in [0.15, 0.2) is 41.1 Å². The van der Waals surface area contributed by atoms with Crippen molar-refractivity contribution in [1.29, 1.82) is 0 Å². The number of methoxy groups -OCH3 is 1. The first kappa shape index (κ1) is 19.4. The molecule has 0 bridgehead atoms. The lowest BCUT2D eigenvalue weighted by molar-refractivity contribution is -0.126. The second kappa shape index (κ2) is 8.54. The molecule has 1 aliphatic rings. The van der Waals surface area contributed by atoms with Crippen molar-refractivity contribution in [1.82, 2.24) is 10.2 Å². The first-order valence-corrected chi connectivity index (χ1v) is 9.84. The molecule has 7 heteroatoms. The number of benzene rings is 1. The number of nitrogens with one attached hydrogen (secondary N) is 1. The number of ether oxygens (including phenoxy) is 1. The molecule has 27 heavy (non-hydrogen) atoms. The van der Waals surface area contributed by atoms with E-state index >= 15 is 0 Å². The van der Waals surface area contributed by atoms with E-state index in [-0.39, 0.29) is 30.2 Å². The fourth-order valence-electron chi connectivity index (χ4n) is 3.32. The van der Waals surface area contributed by atoms with E-state index in [1.165, 1.54) is 5.56 Å². The van der Waals surface area contributed by atoms with E-state index in [0.29, 0.717) is 18.8 Å². The Morgan fingerprint density at radius 1 is 1.41 bits per heavy atom. The van der Waals surface area contributed by atoms with Crippen LogP contribution in [0, 0.1) is 5.92 Å². The van der Waals surface area contributed by atoms with Crippen molar-refractivity contribution >= 4 is 28.8 Å². The van der Waals surface area contributed by atoms with Gasteiger partial charge in [0.05, 0.1) is 19.1 Å². The molecule has 1 saturated heterocycles. The molecule has 1 aromatic heterocycles. The van der Waals surface area contributed by atoms with Crippen LogP contribution in [-0.2, 0) is 9.59 Å². The minimum Gasteiger partial charge on any atom is -0.497 e. The zero-order valence-corrected chi connectivity index (χ0v) is 16.7. The molecule has 144 valence electrons. The quantitative estimate of drug-likeness (QED) is 0.793. The molecule has 0 saturated carbocycles. The molecular weight excluding hydrogens is 362 g/mol. The van der Waals surface area contributed by atoms with Gasteiger partial charge in [0.1, 0.15) is 5.75 Å². The van der Waals surface area contributed by atoms with Gasteiger partial charge in [-0.3, -0.25) is 9.59 Å². The predicted octanol–water partition coefficient (Wildman–Crippen LogP) is 2.53. The van der Waals surface area contributed by atoms with Crippen LogP contribution in [0.4, 0.5) is 5.69 Å². The monoisotopic (exact) mass is 387 g/mol. The number of carbonyl (C=O) groups is 2. The summed E-state index contributed by atoms with van der Waals surface area (Å²) in [4.78, 5) is 28.8. The molecule has 1 aromatic carbocycles. The predicted molar refractivity (Wildman–Crippen MR) is 107 cm³/mol. The van der Waals surface area contributed by atoms with Crippen LogP contribution in [-0.4, -0.2) is 51.0 Å². The lowest BCUT2D eigenvalue weighted by Gasteiger charge is -2.24. The average Bonchev–Trinajstić information content (AvgIpc) is 3.31. The van der Waals surface area contributed by atoms with Gasteiger partial charge in [0, 0.05) is 31.3 Å². The number of thiophene rings is 1. The third-order valence-electron chi connectivity index (χ3n) is 4.88. The maximum atomic E-state index is 12.7. The number of rotatable bonds is 7. The summed E-state index contributed by atoms with van der Waals surface area (Å²) < 4.78 is 5.23. The first-order valence-electron chi connectivity index (χ1n) is 8.90. The number of hydrogen-bond acceptors (Lipinski definition) is 5. The van der Waals surface area contributed by atoms with Crippen LogP contribution >= 0.6 is 11.3 Å². The molecule has 0 unspecified atom stereocenters. The third kappa shape index (κ3) is 4.48.